The van der Waals surface area contributed by atoms with Gasteiger partial charge in [-0.1, -0.05) is 96.6 Å². The molecule has 0 saturated heterocycles. The monoisotopic (exact) mass is 426 g/mol. The maximum Gasteiger partial charge on any atom is 0.119 e. The second kappa shape index (κ2) is 14.2. The van der Waals surface area contributed by atoms with Crippen LogP contribution in [-0.4, -0.2) is 6.61 Å². The average molecular weight is 427 g/mol. The molecule has 0 heterocycles. The van der Waals surface area contributed by atoms with Gasteiger partial charge in [-0.05, 0) is 79.9 Å². The minimum atomic E-state index is 0.781. The Morgan fingerprint density at radius 3 is 1.71 bits per heavy atom. The molecule has 1 aromatic rings. The number of hydrogen-bond acceptors (Lipinski definition) is 1. The minimum absolute atomic E-state index is 0.781. The van der Waals surface area contributed by atoms with Crippen LogP contribution in [0, 0.1) is 17.8 Å². The molecule has 0 aliphatic heterocycles. The Morgan fingerprint density at radius 1 is 0.613 bits per heavy atom. The molecule has 0 atom stereocenters. The van der Waals surface area contributed by atoms with Gasteiger partial charge in [0.25, 0.3) is 0 Å². The zero-order valence-corrected chi connectivity index (χ0v) is 20.8. The van der Waals surface area contributed by atoms with E-state index in [4.69, 9.17) is 4.74 Å². The molecule has 2 fully saturated rings. The fourth-order valence-electron chi connectivity index (χ4n) is 6.17. The molecular weight excluding hydrogens is 376 g/mol. The first-order valence-corrected chi connectivity index (χ1v) is 14.0. The first-order chi connectivity index (χ1) is 15.3. The minimum Gasteiger partial charge on any atom is -0.494 e. The Balaban J connectivity index is 1.27. The van der Waals surface area contributed by atoms with Crippen molar-refractivity contribution < 1.29 is 4.74 Å². The summed E-state index contributed by atoms with van der Waals surface area (Å²) in [5.74, 6) is 4.84. The molecule has 0 spiro atoms. The van der Waals surface area contributed by atoms with Crippen LogP contribution in [0.1, 0.15) is 134 Å². The van der Waals surface area contributed by atoms with E-state index in [1.54, 1.807) is 5.56 Å². The average Bonchev–Trinajstić information content (AvgIpc) is 2.82. The fourth-order valence-corrected chi connectivity index (χ4v) is 6.17. The van der Waals surface area contributed by atoms with Crippen molar-refractivity contribution >= 4 is 0 Å². The molecule has 0 N–H and O–H groups in total. The molecule has 1 heteroatoms. The van der Waals surface area contributed by atoms with Crippen LogP contribution in [0.25, 0.3) is 0 Å². The molecule has 176 valence electrons. The zero-order chi connectivity index (χ0) is 21.7. The van der Waals surface area contributed by atoms with E-state index in [-0.39, 0.29) is 0 Å². The molecule has 2 saturated carbocycles. The van der Waals surface area contributed by atoms with Gasteiger partial charge in [-0.3, -0.25) is 0 Å². The third-order valence-corrected chi connectivity index (χ3v) is 8.37. The first-order valence-electron chi connectivity index (χ1n) is 14.0. The summed E-state index contributed by atoms with van der Waals surface area (Å²) in [6.07, 6.45) is 24.1. The van der Waals surface area contributed by atoms with Crippen LogP contribution in [0.2, 0.25) is 0 Å². The standard InChI is InChI=1S/C30H50O/c1-3-5-7-10-26-16-18-28(19-17-26)29-20-22-30(23-21-29)31-24-8-11-27-14-12-25(13-15-27)9-6-4-2/h20-23,25-28H,3-19,24H2,1-2H3/t25-,26-,27-,28-. The van der Waals surface area contributed by atoms with Gasteiger partial charge in [0, 0.05) is 0 Å². The van der Waals surface area contributed by atoms with E-state index in [0.717, 1.165) is 36.0 Å². The number of benzene rings is 1. The molecule has 0 unspecified atom stereocenters. The van der Waals surface area contributed by atoms with Gasteiger partial charge in [0.15, 0.2) is 0 Å². The van der Waals surface area contributed by atoms with Crippen molar-refractivity contribution in [2.75, 3.05) is 6.61 Å². The maximum absolute atomic E-state index is 6.09. The Bertz CT molecular complexity index is 561. The number of ether oxygens (including phenoxy) is 1. The molecule has 1 nitrogen and oxygen atoms in total. The Morgan fingerprint density at radius 2 is 1.13 bits per heavy atom. The maximum atomic E-state index is 6.09. The summed E-state index contributed by atoms with van der Waals surface area (Å²) in [7, 11) is 0. The van der Waals surface area contributed by atoms with Gasteiger partial charge in [-0.25, -0.2) is 0 Å². The quantitative estimate of drug-likeness (QED) is 0.285. The Labute approximate surface area is 193 Å². The molecule has 2 aliphatic rings. The Kier molecular flexibility index (Phi) is 11.3. The third kappa shape index (κ3) is 8.82. The molecule has 31 heavy (non-hydrogen) atoms. The summed E-state index contributed by atoms with van der Waals surface area (Å²) >= 11 is 0. The predicted octanol–water partition coefficient (Wildman–Crippen LogP) is 9.70. The van der Waals surface area contributed by atoms with Crippen molar-refractivity contribution in [3.63, 3.8) is 0 Å². The van der Waals surface area contributed by atoms with E-state index in [2.05, 4.69) is 38.1 Å². The van der Waals surface area contributed by atoms with Crippen molar-refractivity contribution in [2.45, 2.75) is 129 Å². The molecule has 0 radical (unpaired) electrons. The van der Waals surface area contributed by atoms with Crippen LogP contribution >= 0.6 is 0 Å². The smallest absolute Gasteiger partial charge is 0.119 e. The van der Waals surface area contributed by atoms with Crippen LogP contribution < -0.4 is 4.74 Å². The summed E-state index contributed by atoms with van der Waals surface area (Å²) in [5, 5.41) is 0. The molecule has 2 aliphatic carbocycles. The summed E-state index contributed by atoms with van der Waals surface area (Å²) in [5.41, 5.74) is 1.54. The summed E-state index contributed by atoms with van der Waals surface area (Å²) in [6.45, 7) is 5.52. The van der Waals surface area contributed by atoms with Crippen LogP contribution in [0.5, 0.6) is 5.75 Å². The lowest BCUT2D eigenvalue weighted by Crippen LogP contribution is -2.15. The number of hydrogen-bond donors (Lipinski definition) is 0. The number of unbranched alkanes of at least 4 members (excludes halogenated alkanes) is 3. The predicted molar refractivity (Wildman–Crippen MR) is 135 cm³/mol. The SMILES string of the molecule is CCCCC[C@H]1CC[C@H](c2ccc(OCCC[C@H]3CC[C@H](CCCC)CC3)cc2)CC1. The molecular formula is C30H50O. The van der Waals surface area contributed by atoms with E-state index in [1.807, 2.05) is 0 Å². The normalized spacial score (nSPS) is 26.6. The molecule has 1 aromatic carbocycles. The van der Waals surface area contributed by atoms with E-state index in [9.17, 15) is 0 Å². The van der Waals surface area contributed by atoms with Gasteiger partial charge in [-0.15, -0.1) is 0 Å². The lowest BCUT2D eigenvalue weighted by molar-refractivity contribution is 0.228. The van der Waals surface area contributed by atoms with Crippen molar-refractivity contribution in [2.24, 2.45) is 17.8 Å². The van der Waals surface area contributed by atoms with E-state index >= 15 is 0 Å². The lowest BCUT2D eigenvalue weighted by atomic mass is 9.77. The van der Waals surface area contributed by atoms with E-state index < -0.39 is 0 Å². The summed E-state index contributed by atoms with van der Waals surface area (Å²) < 4.78 is 6.09. The lowest BCUT2D eigenvalue weighted by Gasteiger charge is -2.29. The van der Waals surface area contributed by atoms with Crippen LogP contribution in [0.4, 0.5) is 0 Å². The Hall–Kier alpha value is -0.980. The molecule has 0 amide bonds. The highest BCUT2D eigenvalue weighted by Gasteiger charge is 2.22. The van der Waals surface area contributed by atoms with Gasteiger partial charge in [0.05, 0.1) is 6.61 Å². The molecule has 0 aromatic heterocycles. The highest BCUT2D eigenvalue weighted by Crippen LogP contribution is 2.38. The fraction of sp³-hybridized carbons (Fsp3) is 0.800. The topological polar surface area (TPSA) is 9.23 Å². The van der Waals surface area contributed by atoms with Crippen LogP contribution in [0.15, 0.2) is 24.3 Å². The second-order valence-electron chi connectivity index (χ2n) is 10.8. The summed E-state index contributed by atoms with van der Waals surface area (Å²) in [6, 6.07) is 9.13. The third-order valence-electron chi connectivity index (χ3n) is 8.37. The zero-order valence-electron chi connectivity index (χ0n) is 20.8. The highest BCUT2D eigenvalue weighted by atomic mass is 16.5. The second-order valence-corrected chi connectivity index (χ2v) is 10.8. The van der Waals surface area contributed by atoms with E-state index in [1.165, 1.54) is 109 Å². The van der Waals surface area contributed by atoms with Gasteiger partial charge in [0.2, 0.25) is 0 Å². The van der Waals surface area contributed by atoms with Crippen LogP contribution in [-0.2, 0) is 0 Å². The van der Waals surface area contributed by atoms with Gasteiger partial charge in [0.1, 0.15) is 5.75 Å². The van der Waals surface area contributed by atoms with Gasteiger partial charge < -0.3 is 4.74 Å². The van der Waals surface area contributed by atoms with Crippen molar-refractivity contribution in [1.82, 2.24) is 0 Å². The van der Waals surface area contributed by atoms with E-state index in [0.29, 0.717) is 0 Å². The van der Waals surface area contributed by atoms with Crippen molar-refractivity contribution in [3.05, 3.63) is 29.8 Å². The van der Waals surface area contributed by atoms with Gasteiger partial charge >= 0.3 is 0 Å². The highest BCUT2D eigenvalue weighted by molar-refractivity contribution is 5.29. The summed E-state index contributed by atoms with van der Waals surface area (Å²) in [4.78, 5) is 0. The molecule has 0 bridgehead atoms. The first kappa shape index (κ1) is 24.7. The molecule has 3 rings (SSSR count). The van der Waals surface area contributed by atoms with Crippen molar-refractivity contribution in [1.29, 1.82) is 0 Å². The van der Waals surface area contributed by atoms with Crippen LogP contribution in [0.3, 0.4) is 0 Å². The largest absolute Gasteiger partial charge is 0.494 e. The van der Waals surface area contributed by atoms with Crippen molar-refractivity contribution in [3.8, 4) is 5.75 Å². The number of rotatable bonds is 13. The van der Waals surface area contributed by atoms with Gasteiger partial charge in [-0.2, -0.15) is 0 Å².